The van der Waals surface area contributed by atoms with Gasteiger partial charge >= 0.3 is 0 Å². The second-order valence-corrected chi connectivity index (χ2v) is 5.61. The maximum atomic E-state index is 9.79. The molecule has 1 atom stereocenters. The van der Waals surface area contributed by atoms with Crippen LogP contribution >= 0.6 is 0 Å². The van der Waals surface area contributed by atoms with E-state index in [1.165, 1.54) is 0 Å². The third-order valence-electron chi connectivity index (χ3n) is 4.39. The van der Waals surface area contributed by atoms with Crippen LogP contribution in [0.5, 0.6) is 23.0 Å². The monoisotopic (exact) mass is 346 g/mol. The van der Waals surface area contributed by atoms with E-state index < -0.39 is 6.10 Å². The minimum Gasteiger partial charge on any atom is -0.497 e. The Hall–Kier alpha value is -2.44. The molecule has 6 nitrogen and oxygen atoms in total. The third-order valence-corrected chi connectivity index (χ3v) is 4.39. The molecule has 1 aliphatic heterocycles. The summed E-state index contributed by atoms with van der Waals surface area (Å²) in [6, 6.07) is 7.57. The van der Waals surface area contributed by atoms with Crippen molar-refractivity contribution in [3.63, 3.8) is 0 Å². The molecule has 6 heteroatoms. The predicted octanol–water partition coefficient (Wildman–Crippen LogP) is 2.95. The Morgan fingerprint density at radius 1 is 1.00 bits per heavy atom. The highest BCUT2D eigenvalue weighted by molar-refractivity contribution is 5.82. The van der Waals surface area contributed by atoms with Gasteiger partial charge in [-0.1, -0.05) is 6.07 Å². The molecular formula is C19H22O6. The first-order valence-electron chi connectivity index (χ1n) is 7.91. The van der Waals surface area contributed by atoms with Crippen molar-refractivity contribution in [3.05, 3.63) is 35.4 Å². The average molecular weight is 346 g/mol. The first-order valence-corrected chi connectivity index (χ1v) is 7.91. The van der Waals surface area contributed by atoms with E-state index >= 15 is 0 Å². The molecule has 0 aromatic heterocycles. The molecule has 0 fully saturated rings. The number of methoxy groups -OCH3 is 4. The Kier molecular flexibility index (Phi) is 5.01. The largest absolute Gasteiger partial charge is 0.497 e. The van der Waals surface area contributed by atoms with Gasteiger partial charge in [-0.2, -0.15) is 0 Å². The lowest BCUT2D eigenvalue weighted by Crippen LogP contribution is -2.08. The number of hydrogen-bond donors (Lipinski definition) is 1. The van der Waals surface area contributed by atoms with Crippen molar-refractivity contribution in [2.75, 3.05) is 35.0 Å². The number of rotatable bonds is 5. The SMILES string of the molecule is COc1ccc2c(c1)C(CO)OCc1cc(OC)c(OC)c(OC)c1-2. The summed E-state index contributed by atoms with van der Waals surface area (Å²) in [5.41, 5.74) is 3.52. The highest BCUT2D eigenvalue weighted by Gasteiger charge is 2.29. The zero-order chi connectivity index (χ0) is 18.0. The van der Waals surface area contributed by atoms with Gasteiger partial charge in [-0.05, 0) is 34.9 Å². The van der Waals surface area contributed by atoms with Gasteiger partial charge in [0.25, 0.3) is 0 Å². The molecule has 0 amide bonds. The summed E-state index contributed by atoms with van der Waals surface area (Å²) < 4.78 is 27.9. The Morgan fingerprint density at radius 2 is 1.76 bits per heavy atom. The van der Waals surface area contributed by atoms with Crippen LogP contribution in [0.15, 0.2) is 24.3 Å². The van der Waals surface area contributed by atoms with E-state index in [9.17, 15) is 5.11 Å². The van der Waals surface area contributed by atoms with Crippen LogP contribution in [0.25, 0.3) is 11.1 Å². The zero-order valence-corrected chi connectivity index (χ0v) is 14.8. The van der Waals surface area contributed by atoms with Crippen LogP contribution in [0, 0.1) is 0 Å². The lowest BCUT2D eigenvalue weighted by molar-refractivity contribution is 0.00297. The number of benzene rings is 2. The van der Waals surface area contributed by atoms with Crippen molar-refractivity contribution in [1.29, 1.82) is 0 Å². The van der Waals surface area contributed by atoms with Crippen LogP contribution < -0.4 is 18.9 Å². The zero-order valence-electron chi connectivity index (χ0n) is 14.8. The fraction of sp³-hybridized carbons (Fsp3) is 0.368. The highest BCUT2D eigenvalue weighted by atomic mass is 16.5. The van der Waals surface area contributed by atoms with Gasteiger partial charge in [-0.25, -0.2) is 0 Å². The maximum Gasteiger partial charge on any atom is 0.203 e. The molecule has 0 spiro atoms. The second-order valence-electron chi connectivity index (χ2n) is 5.61. The van der Waals surface area contributed by atoms with Crippen LogP contribution in [0.3, 0.4) is 0 Å². The molecular weight excluding hydrogens is 324 g/mol. The summed E-state index contributed by atoms with van der Waals surface area (Å²) >= 11 is 0. The molecule has 0 saturated carbocycles. The number of hydrogen-bond acceptors (Lipinski definition) is 6. The summed E-state index contributed by atoms with van der Waals surface area (Å²) in [7, 11) is 6.35. The summed E-state index contributed by atoms with van der Waals surface area (Å²) in [6.45, 7) is 0.180. The van der Waals surface area contributed by atoms with Gasteiger partial charge in [0.1, 0.15) is 11.9 Å². The molecule has 0 bridgehead atoms. The second kappa shape index (κ2) is 7.21. The Balaban J connectivity index is 2.33. The summed E-state index contributed by atoms with van der Waals surface area (Å²) in [5.74, 6) is 2.36. The summed E-state index contributed by atoms with van der Waals surface area (Å²) in [5, 5.41) is 9.79. The number of aliphatic hydroxyl groups is 1. The van der Waals surface area contributed by atoms with Crippen LogP contribution in [-0.2, 0) is 11.3 Å². The van der Waals surface area contributed by atoms with E-state index in [1.54, 1.807) is 28.4 Å². The highest BCUT2D eigenvalue weighted by Crippen LogP contribution is 2.50. The van der Waals surface area contributed by atoms with Crippen molar-refractivity contribution < 1.29 is 28.8 Å². The van der Waals surface area contributed by atoms with E-state index in [0.29, 0.717) is 29.6 Å². The van der Waals surface area contributed by atoms with Crippen LogP contribution in [0.2, 0.25) is 0 Å². The topological polar surface area (TPSA) is 66.4 Å². The summed E-state index contributed by atoms with van der Waals surface area (Å²) in [6.07, 6.45) is -0.459. The van der Waals surface area contributed by atoms with Gasteiger partial charge in [0.05, 0.1) is 41.7 Å². The smallest absolute Gasteiger partial charge is 0.203 e. The van der Waals surface area contributed by atoms with E-state index in [-0.39, 0.29) is 6.61 Å². The number of fused-ring (bicyclic) bond motifs is 3. The van der Waals surface area contributed by atoms with Crippen LogP contribution in [-0.4, -0.2) is 40.2 Å². The quantitative estimate of drug-likeness (QED) is 0.898. The molecule has 3 rings (SSSR count). The first-order chi connectivity index (χ1) is 12.2. The molecule has 1 unspecified atom stereocenters. The molecule has 2 aromatic rings. The van der Waals surface area contributed by atoms with Crippen LogP contribution in [0.4, 0.5) is 0 Å². The van der Waals surface area contributed by atoms with Crippen molar-refractivity contribution in [1.82, 2.24) is 0 Å². The molecule has 0 saturated heterocycles. The Morgan fingerprint density at radius 3 is 2.36 bits per heavy atom. The molecule has 2 aromatic carbocycles. The van der Waals surface area contributed by atoms with E-state index in [4.69, 9.17) is 23.7 Å². The lowest BCUT2D eigenvalue weighted by Gasteiger charge is -2.19. The molecule has 0 radical (unpaired) electrons. The van der Waals surface area contributed by atoms with E-state index in [2.05, 4.69) is 0 Å². The Labute approximate surface area is 146 Å². The average Bonchev–Trinajstić information content (AvgIpc) is 2.81. The first kappa shape index (κ1) is 17.4. The maximum absolute atomic E-state index is 9.79. The molecule has 1 N–H and O–H groups in total. The number of ether oxygens (including phenoxy) is 5. The minimum atomic E-state index is -0.459. The van der Waals surface area contributed by atoms with Gasteiger partial charge in [0.15, 0.2) is 11.5 Å². The van der Waals surface area contributed by atoms with E-state index in [0.717, 1.165) is 22.3 Å². The predicted molar refractivity (Wildman–Crippen MR) is 92.7 cm³/mol. The molecule has 0 aliphatic carbocycles. The molecule has 25 heavy (non-hydrogen) atoms. The standard InChI is InChI=1S/C19H22O6/c1-21-12-5-6-13-14(8-12)16(9-20)25-10-11-7-15(22-2)18(23-3)19(24-4)17(11)13/h5-8,16,20H,9-10H2,1-4H3. The normalized spacial score (nSPS) is 15.6. The van der Waals surface area contributed by atoms with Crippen molar-refractivity contribution in [2.45, 2.75) is 12.7 Å². The minimum absolute atomic E-state index is 0.134. The number of aliphatic hydroxyl groups excluding tert-OH is 1. The summed E-state index contributed by atoms with van der Waals surface area (Å²) in [4.78, 5) is 0. The van der Waals surface area contributed by atoms with Crippen molar-refractivity contribution in [3.8, 4) is 34.1 Å². The van der Waals surface area contributed by atoms with Crippen LogP contribution in [0.1, 0.15) is 17.2 Å². The fourth-order valence-corrected chi connectivity index (χ4v) is 3.21. The van der Waals surface area contributed by atoms with Gasteiger partial charge in [-0.15, -0.1) is 0 Å². The molecule has 1 aliphatic rings. The fourth-order valence-electron chi connectivity index (χ4n) is 3.21. The van der Waals surface area contributed by atoms with Gasteiger partial charge in [0.2, 0.25) is 5.75 Å². The van der Waals surface area contributed by atoms with Crippen molar-refractivity contribution in [2.24, 2.45) is 0 Å². The van der Waals surface area contributed by atoms with Crippen molar-refractivity contribution >= 4 is 0 Å². The third kappa shape index (κ3) is 2.88. The van der Waals surface area contributed by atoms with Gasteiger partial charge in [0, 0.05) is 5.56 Å². The molecule has 1 heterocycles. The van der Waals surface area contributed by atoms with E-state index in [1.807, 2.05) is 24.3 Å². The molecule has 134 valence electrons. The Bertz CT molecular complexity index is 771. The lowest BCUT2D eigenvalue weighted by atomic mass is 9.92. The van der Waals surface area contributed by atoms with Gasteiger partial charge in [-0.3, -0.25) is 0 Å². The van der Waals surface area contributed by atoms with Gasteiger partial charge < -0.3 is 28.8 Å².